The minimum atomic E-state index is -1.43. The van der Waals surface area contributed by atoms with Crippen molar-refractivity contribution < 1.29 is 24.6 Å². The highest BCUT2D eigenvalue weighted by Crippen LogP contribution is 2.24. The molecular formula is C19H23N3O5S. The molecular weight excluding hydrogens is 382 g/mol. The summed E-state index contributed by atoms with van der Waals surface area (Å²) in [7, 11) is 0. The highest BCUT2D eigenvalue weighted by molar-refractivity contribution is 7.14. The van der Waals surface area contributed by atoms with Crippen molar-refractivity contribution in [3.8, 4) is 11.3 Å². The van der Waals surface area contributed by atoms with Crippen LogP contribution in [0.1, 0.15) is 20.3 Å². The Morgan fingerprint density at radius 3 is 2.36 bits per heavy atom. The summed E-state index contributed by atoms with van der Waals surface area (Å²) in [6, 6.07) is 8.47. The Kier molecular flexibility index (Phi) is 7.65. The smallest absolute Gasteiger partial charge is 0.320 e. The van der Waals surface area contributed by atoms with Crippen LogP contribution in [0.25, 0.3) is 11.3 Å². The molecule has 0 bridgehead atoms. The second kappa shape index (κ2) is 9.95. The number of nitrogens with zero attached hydrogens (tertiary/aromatic N) is 1. The first kappa shape index (κ1) is 21.5. The van der Waals surface area contributed by atoms with Crippen LogP contribution in [0.2, 0.25) is 0 Å². The van der Waals surface area contributed by atoms with Gasteiger partial charge in [-0.05, 0) is 12.3 Å². The zero-order chi connectivity index (χ0) is 20.7. The standard InChI is InChI=1S/C19H23N3O5S/c1-11(2)8-14(18(26)27)20-9-13(17(24)25)16(23)22-19-21-15(10-28-19)12-6-4-3-5-7-12/h3-7,10-11,13-14,20H,8-9H2,1-2H3,(H,24,25)(H,26,27)(H,21,22,23). The maximum absolute atomic E-state index is 12.4. The zero-order valence-corrected chi connectivity index (χ0v) is 16.4. The molecule has 150 valence electrons. The van der Waals surface area contributed by atoms with Gasteiger partial charge in [-0.2, -0.15) is 0 Å². The molecule has 0 radical (unpaired) electrons. The summed E-state index contributed by atoms with van der Waals surface area (Å²) in [6.45, 7) is 3.44. The Bertz CT molecular complexity index is 822. The van der Waals surface area contributed by atoms with E-state index in [1.54, 1.807) is 5.38 Å². The van der Waals surface area contributed by atoms with E-state index in [4.69, 9.17) is 0 Å². The maximum atomic E-state index is 12.4. The van der Waals surface area contributed by atoms with E-state index in [2.05, 4.69) is 15.6 Å². The minimum absolute atomic E-state index is 0.109. The van der Waals surface area contributed by atoms with Crippen LogP contribution in [0, 0.1) is 11.8 Å². The molecule has 0 aliphatic rings. The quantitative estimate of drug-likeness (QED) is 0.447. The van der Waals surface area contributed by atoms with Gasteiger partial charge in [0.15, 0.2) is 5.13 Å². The van der Waals surface area contributed by atoms with Crippen LogP contribution in [0.15, 0.2) is 35.7 Å². The van der Waals surface area contributed by atoms with E-state index in [1.807, 2.05) is 44.2 Å². The van der Waals surface area contributed by atoms with Crippen LogP contribution in [-0.4, -0.2) is 45.6 Å². The van der Waals surface area contributed by atoms with E-state index in [1.165, 1.54) is 11.3 Å². The summed E-state index contributed by atoms with van der Waals surface area (Å²) in [6.07, 6.45) is 0.330. The summed E-state index contributed by atoms with van der Waals surface area (Å²) in [4.78, 5) is 39.5. The van der Waals surface area contributed by atoms with Gasteiger partial charge in [0.1, 0.15) is 12.0 Å². The van der Waals surface area contributed by atoms with Crippen LogP contribution in [0.3, 0.4) is 0 Å². The normalized spacial score (nSPS) is 13.1. The van der Waals surface area contributed by atoms with Crippen LogP contribution in [-0.2, 0) is 14.4 Å². The molecule has 9 heteroatoms. The third-order valence-corrected chi connectivity index (χ3v) is 4.75. The van der Waals surface area contributed by atoms with Gasteiger partial charge in [-0.15, -0.1) is 11.3 Å². The summed E-state index contributed by atoms with van der Waals surface area (Å²) >= 11 is 1.19. The number of anilines is 1. The summed E-state index contributed by atoms with van der Waals surface area (Å²) < 4.78 is 0. The Morgan fingerprint density at radius 2 is 1.79 bits per heavy atom. The number of hydrogen-bond acceptors (Lipinski definition) is 6. The average Bonchev–Trinajstić information content (AvgIpc) is 3.09. The number of thiazole rings is 1. The molecule has 1 amide bonds. The van der Waals surface area contributed by atoms with Crippen LogP contribution in [0.4, 0.5) is 5.13 Å². The molecule has 1 aromatic heterocycles. The lowest BCUT2D eigenvalue weighted by molar-refractivity contribution is -0.146. The Morgan fingerprint density at radius 1 is 1.11 bits per heavy atom. The molecule has 0 saturated heterocycles. The third-order valence-electron chi connectivity index (χ3n) is 3.99. The summed E-state index contributed by atoms with van der Waals surface area (Å²) in [5, 5.41) is 25.8. The molecule has 0 saturated carbocycles. The fourth-order valence-electron chi connectivity index (χ4n) is 2.56. The van der Waals surface area contributed by atoms with E-state index in [9.17, 15) is 24.6 Å². The van der Waals surface area contributed by atoms with Crippen molar-refractivity contribution in [2.45, 2.75) is 26.3 Å². The van der Waals surface area contributed by atoms with Crippen molar-refractivity contribution in [1.29, 1.82) is 0 Å². The van der Waals surface area contributed by atoms with Gasteiger partial charge in [-0.1, -0.05) is 44.2 Å². The maximum Gasteiger partial charge on any atom is 0.320 e. The SMILES string of the molecule is CC(C)CC(NCC(C(=O)O)C(=O)Nc1nc(-c2ccccc2)cs1)C(=O)O. The van der Waals surface area contributed by atoms with Gasteiger partial charge in [0, 0.05) is 17.5 Å². The predicted octanol–water partition coefficient (Wildman–Crippen LogP) is 2.54. The van der Waals surface area contributed by atoms with E-state index < -0.39 is 29.8 Å². The number of benzene rings is 1. The van der Waals surface area contributed by atoms with E-state index in [0.717, 1.165) is 5.56 Å². The van der Waals surface area contributed by atoms with Crippen LogP contribution in [0.5, 0.6) is 0 Å². The highest BCUT2D eigenvalue weighted by Gasteiger charge is 2.29. The van der Waals surface area contributed by atoms with E-state index >= 15 is 0 Å². The van der Waals surface area contributed by atoms with Gasteiger partial charge in [0.05, 0.1) is 5.69 Å². The largest absolute Gasteiger partial charge is 0.481 e. The minimum Gasteiger partial charge on any atom is -0.481 e. The first-order chi connectivity index (χ1) is 13.3. The number of carbonyl (C=O) groups is 3. The first-order valence-corrected chi connectivity index (χ1v) is 9.66. The zero-order valence-electron chi connectivity index (χ0n) is 15.6. The van der Waals surface area contributed by atoms with Crippen molar-refractivity contribution in [3.63, 3.8) is 0 Å². The molecule has 2 rings (SSSR count). The number of carboxylic acids is 2. The van der Waals surface area contributed by atoms with Crippen molar-refractivity contribution in [2.24, 2.45) is 11.8 Å². The Hall–Kier alpha value is -2.78. The van der Waals surface area contributed by atoms with E-state index in [0.29, 0.717) is 12.1 Å². The number of nitrogens with one attached hydrogen (secondary N) is 2. The number of carboxylic acid groups (broad SMARTS) is 2. The molecule has 4 N–H and O–H groups in total. The number of hydrogen-bond donors (Lipinski definition) is 4. The van der Waals surface area contributed by atoms with Gasteiger partial charge in [-0.25, -0.2) is 4.98 Å². The van der Waals surface area contributed by atoms with Gasteiger partial charge >= 0.3 is 11.9 Å². The highest BCUT2D eigenvalue weighted by atomic mass is 32.1. The molecule has 0 fully saturated rings. The van der Waals surface area contributed by atoms with Crippen molar-refractivity contribution in [3.05, 3.63) is 35.7 Å². The lowest BCUT2D eigenvalue weighted by Crippen LogP contribution is -2.45. The molecule has 2 unspecified atom stereocenters. The summed E-state index contributed by atoms with van der Waals surface area (Å²) in [5.74, 6) is -4.48. The number of rotatable bonds is 10. The second-order valence-electron chi connectivity index (χ2n) is 6.71. The van der Waals surface area contributed by atoms with Gasteiger partial charge in [0.2, 0.25) is 5.91 Å². The monoisotopic (exact) mass is 405 g/mol. The molecule has 2 atom stereocenters. The fraction of sp³-hybridized carbons (Fsp3) is 0.368. The third kappa shape index (κ3) is 6.14. The predicted molar refractivity (Wildman–Crippen MR) is 106 cm³/mol. The number of aromatic nitrogens is 1. The second-order valence-corrected chi connectivity index (χ2v) is 7.57. The van der Waals surface area contributed by atoms with Gasteiger partial charge < -0.3 is 20.8 Å². The number of aliphatic carboxylic acids is 2. The number of amides is 1. The molecule has 8 nitrogen and oxygen atoms in total. The topological polar surface area (TPSA) is 129 Å². The van der Waals surface area contributed by atoms with Crippen LogP contribution < -0.4 is 10.6 Å². The molecule has 1 heterocycles. The molecule has 0 spiro atoms. The Labute approximate surface area is 166 Å². The van der Waals surface area contributed by atoms with Crippen molar-refractivity contribution in [2.75, 3.05) is 11.9 Å². The molecule has 1 aromatic carbocycles. The van der Waals surface area contributed by atoms with Crippen LogP contribution >= 0.6 is 11.3 Å². The molecule has 0 aliphatic carbocycles. The fourth-order valence-corrected chi connectivity index (χ4v) is 3.28. The van der Waals surface area contributed by atoms with Crippen molar-refractivity contribution in [1.82, 2.24) is 10.3 Å². The molecule has 0 aliphatic heterocycles. The lowest BCUT2D eigenvalue weighted by atomic mass is 10.0. The molecule has 28 heavy (non-hydrogen) atoms. The summed E-state index contributed by atoms with van der Waals surface area (Å²) in [5.41, 5.74) is 1.56. The van der Waals surface area contributed by atoms with E-state index in [-0.39, 0.29) is 17.6 Å². The lowest BCUT2D eigenvalue weighted by Gasteiger charge is -2.19. The number of carbonyl (C=O) groups excluding carboxylic acids is 1. The van der Waals surface area contributed by atoms with Crippen molar-refractivity contribution >= 4 is 34.3 Å². The first-order valence-electron chi connectivity index (χ1n) is 8.78. The Balaban J connectivity index is 2.02. The molecule has 2 aromatic rings. The average molecular weight is 405 g/mol. The van der Waals surface area contributed by atoms with Gasteiger partial charge in [0.25, 0.3) is 0 Å². The van der Waals surface area contributed by atoms with Gasteiger partial charge in [-0.3, -0.25) is 14.4 Å².